The van der Waals surface area contributed by atoms with Crippen molar-refractivity contribution in [2.75, 3.05) is 9.80 Å². The summed E-state index contributed by atoms with van der Waals surface area (Å²) in [7, 11) is 0. The molecule has 0 aliphatic carbocycles. The van der Waals surface area contributed by atoms with E-state index < -0.39 is 30.3 Å². The fourth-order valence-corrected chi connectivity index (χ4v) is 17.1. The third-order valence-electron chi connectivity index (χ3n) is 20.8. The molecule has 0 fully saturated rings. The molecule has 2 aromatic heterocycles. The fourth-order valence-electron chi connectivity index (χ4n) is 17.1. The maximum atomic E-state index is 10.3. The SMILES string of the molecule is [2H]c1c([2H])c([2H])c2c(c1[2H])c1cc(CC(C)(C)C)ccc1n2-c1ccc2c(c1)N(c1c(-c3ccccc3)cc(C([2H])([2H])C(C)(C)C)cc1-c1ccccc1)c1cc(CC(C)(C)C)cc3c1B2c1ccc(-n2c4ccc(CC(C)(C)C)cc4c4c([2H])c([2H])c([2H])c([2H])c42)cc1N3c1c(-c2ccccc2)cc(C([2H])([2H])C(C)(C)C)cc1-c1ccccc1. The van der Waals surface area contributed by atoms with Crippen LogP contribution in [0.3, 0.4) is 0 Å². The summed E-state index contributed by atoms with van der Waals surface area (Å²) in [4.78, 5) is 4.83. The first-order valence-corrected chi connectivity index (χ1v) is 38.2. The van der Waals surface area contributed by atoms with Crippen molar-refractivity contribution in [1.29, 1.82) is 0 Å². The van der Waals surface area contributed by atoms with E-state index in [1.807, 2.05) is 123 Å². The molecule has 13 aromatic carbocycles. The van der Waals surface area contributed by atoms with Gasteiger partial charge in [-0.25, -0.2) is 0 Å². The first-order valence-electron chi connectivity index (χ1n) is 44.2. The van der Waals surface area contributed by atoms with Crippen molar-refractivity contribution in [3.05, 3.63) is 307 Å². The normalized spacial score (nSPS) is 15.1. The summed E-state index contributed by atoms with van der Waals surface area (Å²) in [5.41, 5.74) is 18.8. The van der Waals surface area contributed by atoms with Gasteiger partial charge in [0.25, 0.3) is 6.71 Å². The largest absolute Gasteiger partial charge is 0.310 e. The number of aromatic nitrogens is 2. The maximum absolute atomic E-state index is 10.3. The summed E-state index contributed by atoms with van der Waals surface area (Å²) in [5.74, 6) is 0. The second kappa shape index (κ2) is 26.5. The molecule has 0 spiro atoms. The molecule has 5 heteroatoms. The van der Waals surface area contributed by atoms with Gasteiger partial charge in [-0.2, -0.15) is 0 Å². The Morgan fingerprint density at radius 3 is 0.963 bits per heavy atom. The first kappa shape index (κ1) is 57.3. The third kappa shape index (κ3) is 13.3. The van der Waals surface area contributed by atoms with Crippen LogP contribution in [0.5, 0.6) is 0 Å². The molecular weight excluding hydrogens is 1300 g/mol. The molecular formula is C103H101BN4. The molecule has 0 N–H and O–H groups in total. The molecule has 0 radical (unpaired) electrons. The lowest BCUT2D eigenvalue weighted by Crippen LogP contribution is -2.61. The van der Waals surface area contributed by atoms with Crippen LogP contribution >= 0.6 is 0 Å². The highest BCUT2D eigenvalue weighted by molar-refractivity contribution is 7.00. The van der Waals surface area contributed by atoms with Crippen molar-refractivity contribution < 1.29 is 16.4 Å². The Balaban J connectivity index is 1.09. The number of rotatable bonds is 13. The zero-order valence-corrected chi connectivity index (χ0v) is 64.9. The van der Waals surface area contributed by atoms with E-state index in [0.29, 0.717) is 85.4 Å². The molecule has 108 heavy (non-hydrogen) atoms. The molecule has 2 aliphatic rings. The molecule has 536 valence electrons. The Bertz CT molecular complexity index is 6180. The van der Waals surface area contributed by atoms with E-state index in [-0.39, 0.29) is 64.6 Å². The number of fused-ring (bicyclic) bond motifs is 10. The second-order valence-corrected chi connectivity index (χ2v) is 35.7. The minimum Gasteiger partial charge on any atom is -0.310 e. The average Bonchev–Trinajstić information content (AvgIpc) is 0.749. The lowest BCUT2D eigenvalue weighted by molar-refractivity contribution is 0.411. The predicted octanol–water partition coefficient (Wildman–Crippen LogP) is 26.6. The number of anilines is 6. The number of para-hydroxylation sites is 2. The quantitative estimate of drug-likeness (QED) is 0.107. The van der Waals surface area contributed by atoms with E-state index in [2.05, 4.69) is 230 Å². The average molecular weight is 1420 g/mol. The van der Waals surface area contributed by atoms with Crippen molar-refractivity contribution in [3.8, 4) is 55.9 Å². The van der Waals surface area contributed by atoms with Crippen LogP contribution in [0.1, 0.15) is 148 Å². The van der Waals surface area contributed by atoms with E-state index in [9.17, 15) is 16.4 Å². The summed E-state index contributed by atoms with van der Waals surface area (Å²) in [6.07, 6.45) is -1.78. The summed E-state index contributed by atoms with van der Waals surface area (Å²) >= 11 is 0. The van der Waals surface area contributed by atoms with Crippen LogP contribution in [0, 0.1) is 27.1 Å². The monoisotopic (exact) mass is 1420 g/mol. The minimum absolute atomic E-state index is 0.113. The minimum atomic E-state index is -1.89. The van der Waals surface area contributed by atoms with Crippen LogP contribution in [-0.2, 0) is 32.0 Å². The van der Waals surface area contributed by atoms with Gasteiger partial charge in [0.2, 0.25) is 0 Å². The van der Waals surface area contributed by atoms with Crippen LogP contribution < -0.4 is 26.2 Å². The van der Waals surface area contributed by atoms with E-state index in [0.717, 1.165) is 112 Å². The lowest BCUT2D eigenvalue weighted by Gasteiger charge is -2.46. The molecule has 2 aliphatic heterocycles. The van der Waals surface area contributed by atoms with Gasteiger partial charge in [-0.05, 0) is 223 Å². The number of hydrogen-bond acceptors (Lipinski definition) is 2. The number of hydrogen-bond donors (Lipinski definition) is 0. The predicted molar refractivity (Wildman–Crippen MR) is 467 cm³/mol. The van der Waals surface area contributed by atoms with Crippen molar-refractivity contribution >= 4 is 101 Å². The van der Waals surface area contributed by atoms with Gasteiger partial charge in [-0.15, -0.1) is 0 Å². The molecule has 4 nitrogen and oxygen atoms in total. The van der Waals surface area contributed by atoms with Crippen molar-refractivity contribution in [2.24, 2.45) is 27.1 Å². The van der Waals surface area contributed by atoms with Gasteiger partial charge in [0.05, 0.1) is 44.4 Å². The summed E-state index contributed by atoms with van der Waals surface area (Å²) < 4.78 is 123. The Hall–Kier alpha value is -10.9. The Morgan fingerprint density at radius 1 is 0.296 bits per heavy atom. The fraction of sp³-hybridized carbons (Fsp3) is 0.243. The van der Waals surface area contributed by atoms with Crippen molar-refractivity contribution in [2.45, 2.75) is 136 Å². The number of nitrogens with zero attached hydrogens (tertiary/aromatic N) is 4. The van der Waals surface area contributed by atoms with Crippen molar-refractivity contribution in [3.63, 3.8) is 0 Å². The highest BCUT2D eigenvalue weighted by Crippen LogP contribution is 2.55. The number of benzene rings is 13. The summed E-state index contributed by atoms with van der Waals surface area (Å²) in [5, 5.41) is 2.23. The van der Waals surface area contributed by atoms with Gasteiger partial charge >= 0.3 is 0 Å². The Kier molecular flexibility index (Phi) is 14.1. The van der Waals surface area contributed by atoms with Gasteiger partial charge in [0.15, 0.2) is 0 Å². The van der Waals surface area contributed by atoms with Gasteiger partial charge in [0.1, 0.15) is 0 Å². The van der Waals surface area contributed by atoms with Gasteiger partial charge in [0, 0.05) is 83.4 Å². The highest BCUT2D eigenvalue weighted by Gasteiger charge is 2.46. The smallest absolute Gasteiger partial charge is 0.252 e. The van der Waals surface area contributed by atoms with Crippen LogP contribution in [0.15, 0.2) is 279 Å². The Labute approximate surface area is 658 Å². The van der Waals surface area contributed by atoms with Gasteiger partial charge in [-0.1, -0.05) is 286 Å². The molecule has 4 heterocycles. The molecule has 0 bridgehead atoms. The van der Waals surface area contributed by atoms with E-state index in [1.165, 1.54) is 0 Å². The van der Waals surface area contributed by atoms with Crippen LogP contribution in [0.2, 0.25) is 0 Å². The topological polar surface area (TPSA) is 16.3 Å². The van der Waals surface area contributed by atoms with Crippen LogP contribution in [0.25, 0.3) is 99.5 Å². The maximum Gasteiger partial charge on any atom is 0.252 e. The molecule has 0 saturated carbocycles. The molecule has 15 aromatic rings. The van der Waals surface area contributed by atoms with E-state index >= 15 is 0 Å². The molecule has 0 amide bonds. The second-order valence-electron chi connectivity index (χ2n) is 35.7. The standard InChI is InChI=1S/C103H101BN4/c1-99(2,3)62-67-44-50-90-84(52-67)78-40-28-30-42-88(78)105(90)76-46-48-86-92(60-76)107(97-80(72-32-20-16-21-33-72)54-69(64-101(7,8)9)55-81(97)73-34-22-17-23-35-73)94-58-71(66-103(13,14)15)59-95-96(94)104(86)87-49-47-77(106-89-43-31-29-41-79(89)85-53-68(45-51-91(85)106)63-100(4,5)6)61-93(87)108(95)98-82(74-36-24-18-25-37-74)56-70(65-102(10,11)12)57-83(98)75-38-26-19-27-39-75/h16-61H,62-66H2,1-15H3/i28D,29D,30D,31D,40D,41D,42D,43D,64D2,65D2. The van der Waals surface area contributed by atoms with Crippen LogP contribution in [0.4, 0.5) is 34.1 Å². The molecule has 0 atom stereocenters. The zero-order valence-electron chi connectivity index (χ0n) is 76.9. The summed E-state index contributed by atoms with van der Waals surface area (Å²) in [6, 6.07) is 77.6. The third-order valence-corrected chi connectivity index (χ3v) is 20.8. The molecule has 0 unspecified atom stereocenters. The Morgan fingerprint density at radius 2 is 0.630 bits per heavy atom. The van der Waals surface area contributed by atoms with Crippen molar-refractivity contribution in [1.82, 2.24) is 9.13 Å². The summed E-state index contributed by atoms with van der Waals surface area (Å²) in [6.45, 7) is 31.0. The lowest BCUT2D eigenvalue weighted by atomic mass is 9.33. The van der Waals surface area contributed by atoms with E-state index in [1.54, 1.807) is 0 Å². The zero-order chi connectivity index (χ0) is 85.5. The van der Waals surface area contributed by atoms with Crippen LogP contribution in [-0.4, -0.2) is 15.8 Å². The molecule has 17 rings (SSSR count). The van der Waals surface area contributed by atoms with Gasteiger partial charge in [-0.3, -0.25) is 0 Å². The first-order chi connectivity index (χ1) is 56.5. The highest BCUT2D eigenvalue weighted by atomic mass is 15.2. The van der Waals surface area contributed by atoms with Gasteiger partial charge < -0.3 is 18.9 Å². The molecule has 0 saturated heterocycles. The van der Waals surface area contributed by atoms with E-state index in [4.69, 9.17) is 0 Å².